The molecule has 10 heteroatoms. The van der Waals surface area contributed by atoms with Gasteiger partial charge in [-0.2, -0.15) is 4.91 Å². The predicted molar refractivity (Wildman–Crippen MR) is 63.9 cm³/mol. The van der Waals surface area contributed by atoms with Gasteiger partial charge >= 0.3 is 11.9 Å². The Morgan fingerprint density at radius 3 is 2.10 bits per heavy atom. The number of carbonyl (C=O) groups excluding carboxylic acids is 2. The van der Waals surface area contributed by atoms with Crippen LogP contribution in [0, 0.1) is 15.0 Å². The molecule has 0 amide bonds. The van der Waals surface area contributed by atoms with Gasteiger partial charge in [0.1, 0.15) is 0 Å². The van der Waals surface area contributed by atoms with Crippen LogP contribution in [0.1, 0.15) is 12.8 Å². The van der Waals surface area contributed by atoms with Crippen LogP contribution in [0.2, 0.25) is 0 Å². The van der Waals surface area contributed by atoms with E-state index in [2.05, 4.69) is 19.5 Å². The lowest BCUT2D eigenvalue weighted by atomic mass is 10.4. The average molecular weight is 290 g/mol. The molecule has 0 fully saturated rings. The third-order valence-electron chi connectivity index (χ3n) is 1.72. The van der Waals surface area contributed by atoms with Crippen molar-refractivity contribution in [3.8, 4) is 0 Å². The number of nitrogens with zero attached hydrogens (tertiary/aromatic N) is 2. The fourth-order valence-corrected chi connectivity index (χ4v) is 0.905. The predicted octanol–water partition coefficient (Wildman–Crippen LogP) is 0.384. The quantitative estimate of drug-likeness (QED) is 0.133. The minimum atomic E-state index is -0.947. The van der Waals surface area contributed by atoms with Crippen LogP contribution in [0.4, 0.5) is 0 Å². The Balaban J connectivity index is 3.63. The average Bonchev–Trinajstić information content (AvgIpc) is 2.40. The molecule has 0 rings (SSSR count). The van der Waals surface area contributed by atoms with Gasteiger partial charge in [-0.05, 0) is 0 Å². The Labute approximate surface area is 113 Å². The molecule has 0 heterocycles. The van der Waals surface area contributed by atoms with Crippen LogP contribution in [-0.4, -0.2) is 43.4 Å². The second-order valence-corrected chi connectivity index (χ2v) is 3.28. The van der Waals surface area contributed by atoms with E-state index in [-0.39, 0.29) is 32.8 Å². The van der Waals surface area contributed by atoms with Crippen molar-refractivity contribution in [3.05, 3.63) is 27.2 Å². The lowest BCUT2D eigenvalue weighted by molar-refractivity contribution is -0.757. The van der Waals surface area contributed by atoms with Gasteiger partial charge in [0.15, 0.2) is 0 Å². The zero-order valence-corrected chi connectivity index (χ0v) is 10.6. The highest BCUT2D eigenvalue weighted by Crippen LogP contribution is 1.90. The molecule has 0 saturated carbocycles. The number of nitroso groups, excluding NO2 is 1. The fraction of sp³-hybridized carbons (Fsp3) is 0.600. The van der Waals surface area contributed by atoms with Gasteiger partial charge in [0.05, 0.1) is 26.4 Å². The van der Waals surface area contributed by atoms with Crippen LogP contribution < -0.4 is 0 Å². The molecule has 0 spiro atoms. The fourth-order valence-electron chi connectivity index (χ4n) is 0.905. The van der Waals surface area contributed by atoms with E-state index in [0.717, 1.165) is 12.2 Å². The summed E-state index contributed by atoms with van der Waals surface area (Å²) in [6.45, 7) is -0.179. The molecule has 0 saturated heterocycles. The Morgan fingerprint density at radius 2 is 1.60 bits per heavy atom. The van der Waals surface area contributed by atoms with Crippen molar-refractivity contribution in [2.24, 2.45) is 5.18 Å². The van der Waals surface area contributed by atoms with E-state index < -0.39 is 17.0 Å². The summed E-state index contributed by atoms with van der Waals surface area (Å²) in [5.74, 6) is -1.53. The number of esters is 2. The summed E-state index contributed by atoms with van der Waals surface area (Å²) in [4.78, 5) is 45.6. The van der Waals surface area contributed by atoms with E-state index in [1.54, 1.807) is 0 Å². The normalized spacial score (nSPS) is 10.0. The number of hydrogen-bond acceptors (Lipinski definition) is 9. The van der Waals surface area contributed by atoms with Gasteiger partial charge in [-0.15, -0.1) is 10.1 Å². The van der Waals surface area contributed by atoms with Crippen LogP contribution >= 0.6 is 0 Å². The third-order valence-corrected chi connectivity index (χ3v) is 1.72. The molecule has 0 N–H and O–H groups in total. The third kappa shape index (κ3) is 12.0. The molecule has 0 radical (unpaired) electrons. The molecule has 0 bridgehead atoms. The topological polar surface area (TPSA) is 134 Å². The molecular formula is C10H14N2O8. The van der Waals surface area contributed by atoms with Crippen LogP contribution in [0.15, 0.2) is 17.3 Å². The van der Waals surface area contributed by atoms with Gasteiger partial charge in [0.2, 0.25) is 0 Å². The van der Waals surface area contributed by atoms with E-state index >= 15 is 0 Å². The molecule has 0 aromatic heterocycles. The highest BCUT2D eigenvalue weighted by atomic mass is 16.9. The van der Waals surface area contributed by atoms with Gasteiger partial charge in [0, 0.05) is 25.0 Å². The maximum absolute atomic E-state index is 11.1. The second kappa shape index (κ2) is 11.6. The highest BCUT2D eigenvalue weighted by Gasteiger charge is 2.01. The summed E-state index contributed by atoms with van der Waals surface area (Å²) in [6, 6.07) is 0. The molecule has 20 heavy (non-hydrogen) atoms. The summed E-state index contributed by atoms with van der Waals surface area (Å²) in [5, 5.41) is 11.4. The van der Waals surface area contributed by atoms with Gasteiger partial charge in [0.25, 0.3) is 5.09 Å². The smallest absolute Gasteiger partial charge is 0.331 e. The van der Waals surface area contributed by atoms with Crippen LogP contribution in [0.3, 0.4) is 0 Å². The van der Waals surface area contributed by atoms with Crippen molar-refractivity contribution in [2.75, 3.05) is 26.4 Å². The number of carbonyl (C=O) groups is 2. The van der Waals surface area contributed by atoms with Crippen molar-refractivity contribution < 1.29 is 29.0 Å². The minimum Gasteiger partial charge on any atom is -0.462 e. The highest BCUT2D eigenvalue weighted by molar-refractivity contribution is 5.91. The Kier molecular flexibility index (Phi) is 10.1. The van der Waals surface area contributed by atoms with Gasteiger partial charge in [-0.1, -0.05) is 5.18 Å². The Morgan fingerprint density at radius 1 is 1.05 bits per heavy atom. The second-order valence-electron chi connectivity index (χ2n) is 3.28. The van der Waals surface area contributed by atoms with Crippen molar-refractivity contribution in [3.63, 3.8) is 0 Å². The lowest BCUT2D eigenvalue weighted by Crippen LogP contribution is -2.09. The molecular weight excluding hydrogens is 276 g/mol. The van der Waals surface area contributed by atoms with Crippen LogP contribution in [0.5, 0.6) is 0 Å². The van der Waals surface area contributed by atoms with Gasteiger partial charge < -0.3 is 14.3 Å². The molecule has 0 aromatic rings. The largest absolute Gasteiger partial charge is 0.462 e. The van der Waals surface area contributed by atoms with Crippen LogP contribution in [-0.2, 0) is 23.9 Å². The van der Waals surface area contributed by atoms with E-state index in [0.29, 0.717) is 6.42 Å². The monoisotopic (exact) mass is 290 g/mol. The summed E-state index contributed by atoms with van der Waals surface area (Å²) in [7, 11) is 0. The molecule has 0 unspecified atom stereocenters. The standard InChI is InChI=1S/C10H14N2O8/c13-9(18-6-1-5-11-15)3-4-10(14)19-7-2-8-20-12(16)17/h3-4H,1-2,5-8H2/b4-3+. The van der Waals surface area contributed by atoms with Crippen molar-refractivity contribution in [2.45, 2.75) is 12.8 Å². The van der Waals surface area contributed by atoms with Crippen molar-refractivity contribution >= 4 is 11.9 Å². The summed E-state index contributed by atoms with van der Waals surface area (Å²) in [5.41, 5.74) is 0. The molecule has 0 aliphatic rings. The van der Waals surface area contributed by atoms with E-state index in [1.165, 1.54) is 0 Å². The first kappa shape index (κ1) is 17.5. The number of rotatable bonds is 11. The van der Waals surface area contributed by atoms with Crippen LogP contribution in [0.25, 0.3) is 0 Å². The SMILES string of the molecule is O=NCCCOC(=O)/C=C/C(=O)OCCCO[N+](=O)[O-]. The van der Waals surface area contributed by atoms with E-state index in [9.17, 15) is 24.6 Å². The number of ether oxygens (including phenoxy) is 2. The van der Waals surface area contributed by atoms with Crippen molar-refractivity contribution in [1.29, 1.82) is 0 Å². The summed E-state index contributed by atoms with van der Waals surface area (Å²) >= 11 is 0. The molecule has 0 aliphatic carbocycles. The summed E-state index contributed by atoms with van der Waals surface area (Å²) < 4.78 is 9.26. The van der Waals surface area contributed by atoms with Crippen molar-refractivity contribution in [1.82, 2.24) is 0 Å². The first-order valence-electron chi connectivity index (χ1n) is 5.64. The Hall–Kier alpha value is -2.52. The number of hydrogen-bond donors (Lipinski definition) is 0. The minimum absolute atomic E-state index is 0.0300. The first-order chi connectivity index (χ1) is 9.56. The molecule has 0 aromatic carbocycles. The molecule has 0 aliphatic heterocycles. The molecule has 0 atom stereocenters. The molecule has 10 nitrogen and oxygen atoms in total. The zero-order chi connectivity index (χ0) is 15.2. The van der Waals surface area contributed by atoms with E-state index in [1.807, 2.05) is 0 Å². The zero-order valence-electron chi connectivity index (χ0n) is 10.6. The maximum Gasteiger partial charge on any atom is 0.331 e. The lowest BCUT2D eigenvalue weighted by Gasteiger charge is -2.01. The Bertz CT molecular complexity index is 368. The maximum atomic E-state index is 11.1. The van der Waals surface area contributed by atoms with E-state index in [4.69, 9.17) is 0 Å². The summed E-state index contributed by atoms with van der Waals surface area (Å²) in [6.07, 6.45) is 2.21. The van der Waals surface area contributed by atoms with Gasteiger partial charge in [-0.3, -0.25) is 0 Å². The van der Waals surface area contributed by atoms with Gasteiger partial charge in [-0.25, -0.2) is 9.59 Å². The first-order valence-corrected chi connectivity index (χ1v) is 5.64. The molecule has 112 valence electrons.